The van der Waals surface area contributed by atoms with Crippen molar-refractivity contribution in [3.05, 3.63) is 41.3 Å². The minimum atomic E-state index is -3.56. The normalized spacial score (nSPS) is 11.3. The Balaban J connectivity index is 2.09. The minimum Gasteiger partial charge on any atom is -0.494 e. The van der Waals surface area contributed by atoms with Crippen molar-refractivity contribution in [3.63, 3.8) is 0 Å². The fourth-order valence-corrected chi connectivity index (χ4v) is 3.95. The van der Waals surface area contributed by atoms with Crippen molar-refractivity contribution < 1.29 is 13.2 Å². The maximum Gasteiger partial charge on any atom is 0.271 e. The summed E-state index contributed by atoms with van der Waals surface area (Å²) >= 11 is 1.17. The summed E-state index contributed by atoms with van der Waals surface area (Å²) in [6.45, 7) is 3.00. The van der Waals surface area contributed by atoms with Crippen molar-refractivity contribution in [3.8, 4) is 5.75 Å². The molecular weight excluding hydrogens is 308 g/mol. The number of nitrogens with one attached hydrogen (secondary N) is 1. The molecule has 1 heterocycles. The molecule has 0 aliphatic heterocycles. The van der Waals surface area contributed by atoms with E-state index in [4.69, 9.17) is 10.5 Å². The van der Waals surface area contributed by atoms with Crippen LogP contribution in [0.1, 0.15) is 18.2 Å². The second-order valence-corrected chi connectivity index (χ2v) is 7.48. The smallest absolute Gasteiger partial charge is 0.271 e. The van der Waals surface area contributed by atoms with Gasteiger partial charge in [-0.3, -0.25) is 4.72 Å². The number of benzene rings is 1. The van der Waals surface area contributed by atoms with Gasteiger partial charge >= 0.3 is 0 Å². The molecule has 0 radical (unpaired) electrons. The summed E-state index contributed by atoms with van der Waals surface area (Å²) in [6.07, 6.45) is 0.927. The fourth-order valence-electron chi connectivity index (χ4n) is 1.66. The zero-order chi connectivity index (χ0) is 15.3. The van der Waals surface area contributed by atoms with Crippen molar-refractivity contribution in [1.29, 1.82) is 0 Å². The van der Waals surface area contributed by atoms with Crippen LogP contribution in [0.2, 0.25) is 0 Å². The highest BCUT2D eigenvalue weighted by atomic mass is 32.2. The molecule has 0 saturated carbocycles. The zero-order valence-electron chi connectivity index (χ0n) is 11.7. The van der Waals surface area contributed by atoms with Crippen LogP contribution >= 0.6 is 11.3 Å². The topological polar surface area (TPSA) is 81.4 Å². The Bertz CT molecular complexity index is 678. The quantitative estimate of drug-likeness (QED) is 0.820. The molecule has 0 bridgehead atoms. The van der Waals surface area contributed by atoms with E-state index in [1.807, 2.05) is 6.92 Å². The van der Waals surface area contributed by atoms with E-state index in [1.54, 1.807) is 36.4 Å². The van der Waals surface area contributed by atoms with Crippen molar-refractivity contribution in [2.75, 3.05) is 11.3 Å². The Morgan fingerprint density at radius 2 is 1.90 bits per heavy atom. The predicted molar refractivity (Wildman–Crippen MR) is 85.2 cm³/mol. The summed E-state index contributed by atoms with van der Waals surface area (Å²) in [4.78, 5) is 0.832. The van der Waals surface area contributed by atoms with Gasteiger partial charge in [0, 0.05) is 17.1 Å². The van der Waals surface area contributed by atoms with Crippen LogP contribution in [-0.2, 0) is 16.6 Å². The van der Waals surface area contributed by atoms with Gasteiger partial charge in [0.15, 0.2) is 0 Å². The maximum absolute atomic E-state index is 12.2. The van der Waals surface area contributed by atoms with Crippen molar-refractivity contribution in [1.82, 2.24) is 0 Å². The zero-order valence-corrected chi connectivity index (χ0v) is 13.3. The fraction of sp³-hybridized carbons (Fsp3) is 0.286. The van der Waals surface area contributed by atoms with E-state index in [1.165, 1.54) is 11.3 Å². The lowest BCUT2D eigenvalue weighted by Gasteiger charge is -2.08. The monoisotopic (exact) mass is 326 g/mol. The molecule has 5 nitrogen and oxygen atoms in total. The number of nitrogens with two attached hydrogens (primary N) is 1. The molecule has 0 amide bonds. The molecule has 0 aliphatic rings. The van der Waals surface area contributed by atoms with Gasteiger partial charge in [-0.2, -0.15) is 0 Å². The van der Waals surface area contributed by atoms with E-state index in [-0.39, 0.29) is 4.21 Å². The molecule has 2 aromatic rings. The second kappa shape index (κ2) is 6.93. The third-order valence-corrected chi connectivity index (χ3v) is 5.66. The Labute approximate surface area is 128 Å². The molecule has 0 unspecified atom stereocenters. The number of hydrogen-bond donors (Lipinski definition) is 2. The Morgan fingerprint density at radius 3 is 2.48 bits per heavy atom. The summed E-state index contributed by atoms with van der Waals surface area (Å²) in [5.41, 5.74) is 6.00. The van der Waals surface area contributed by atoms with Crippen LogP contribution in [0.4, 0.5) is 5.69 Å². The highest BCUT2D eigenvalue weighted by molar-refractivity contribution is 7.94. The number of thiophene rings is 1. The summed E-state index contributed by atoms with van der Waals surface area (Å²) in [5.74, 6) is 0.723. The molecule has 0 aliphatic carbocycles. The largest absolute Gasteiger partial charge is 0.494 e. The van der Waals surface area contributed by atoms with Crippen LogP contribution in [0.15, 0.2) is 40.6 Å². The van der Waals surface area contributed by atoms with Crippen molar-refractivity contribution in [2.45, 2.75) is 24.1 Å². The van der Waals surface area contributed by atoms with E-state index >= 15 is 0 Å². The summed E-state index contributed by atoms with van der Waals surface area (Å²) < 4.78 is 32.7. The summed E-state index contributed by atoms with van der Waals surface area (Å²) in [7, 11) is -3.56. The third kappa shape index (κ3) is 4.20. The molecule has 3 N–H and O–H groups in total. The van der Waals surface area contributed by atoms with E-state index in [0.717, 1.165) is 17.0 Å². The van der Waals surface area contributed by atoms with Gasteiger partial charge in [0.05, 0.1) is 6.61 Å². The van der Waals surface area contributed by atoms with E-state index in [0.29, 0.717) is 18.8 Å². The molecule has 1 aromatic heterocycles. The van der Waals surface area contributed by atoms with E-state index < -0.39 is 10.0 Å². The lowest BCUT2D eigenvalue weighted by atomic mass is 10.3. The Kier molecular flexibility index (Phi) is 5.22. The molecular formula is C14H18N2O3S2. The van der Waals surface area contributed by atoms with Crippen LogP contribution < -0.4 is 15.2 Å². The Hall–Kier alpha value is -1.57. The SMILES string of the molecule is CCCOc1ccc(NS(=O)(=O)c2ccc(CN)s2)cc1. The van der Waals surface area contributed by atoms with Gasteiger partial charge in [0.2, 0.25) is 0 Å². The number of sulfonamides is 1. The van der Waals surface area contributed by atoms with E-state index in [2.05, 4.69) is 4.72 Å². The molecule has 114 valence electrons. The first kappa shape index (κ1) is 15.8. The molecule has 21 heavy (non-hydrogen) atoms. The molecule has 0 fully saturated rings. The summed E-state index contributed by atoms with van der Waals surface area (Å²) in [5, 5.41) is 0. The number of hydrogen-bond acceptors (Lipinski definition) is 5. The van der Waals surface area contributed by atoms with Gasteiger partial charge in [-0.05, 0) is 42.8 Å². The summed E-state index contributed by atoms with van der Waals surface area (Å²) in [6, 6.07) is 10.1. The molecule has 1 aromatic carbocycles. The van der Waals surface area contributed by atoms with Gasteiger partial charge < -0.3 is 10.5 Å². The van der Waals surface area contributed by atoms with Crippen LogP contribution in [0.5, 0.6) is 5.75 Å². The standard InChI is InChI=1S/C14H18N2O3S2/c1-2-9-19-12-5-3-11(4-6-12)16-21(17,18)14-8-7-13(10-15)20-14/h3-8,16H,2,9-10,15H2,1H3. The van der Waals surface area contributed by atoms with Crippen LogP contribution in [0.25, 0.3) is 0 Å². The van der Waals surface area contributed by atoms with Gasteiger partial charge in [0.25, 0.3) is 10.0 Å². The van der Waals surface area contributed by atoms with E-state index in [9.17, 15) is 8.42 Å². The minimum absolute atomic E-state index is 0.259. The molecule has 0 saturated heterocycles. The van der Waals surface area contributed by atoms with Crippen LogP contribution in [0.3, 0.4) is 0 Å². The van der Waals surface area contributed by atoms with Gasteiger partial charge in [-0.15, -0.1) is 11.3 Å². The number of rotatable bonds is 7. The highest BCUT2D eigenvalue weighted by Gasteiger charge is 2.16. The average Bonchev–Trinajstić information content (AvgIpc) is 2.96. The predicted octanol–water partition coefficient (Wildman–Crippen LogP) is 2.80. The highest BCUT2D eigenvalue weighted by Crippen LogP contribution is 2.24. The third-order valence-electron chi connectivity index (χ3n) is 2.68. The molecule has 0 atom stereocenters. The first-order valence-electron chi connectivity index (χ1n) is 6.59. The number of anilines is 1. The molecule has 7 heteroatoms. The van der Waals surface area contributed by atoms with Gasteiger partial charge in [-0.1, -0.05) is 6.92 Å². The first-order chi connectivity index (χ1) is 10.0. The van der Waals surface area contributed by atoms with Gasteiger partial charge in [-0.25, -0.2) is 8.42 Å². The van der Waals surface area contributed by atoms with Crippen molar-refractivity contribution >= 4 is 27.0 Å². The van der Waals surface area contributed by atoms with Crippen LogP contribution in [0, 0.1) is 0 Å². The lowest BCUT2D eigenvalue weighted by molar-refractivity contribution is 0.317. The molecule has 0 spiro atoms. The number of ether oxygens (including phenoxy) is 1. The maximum atomic E-state index is 12.2. The lowest BCUT2D eigenvalue weighted by Crippen LogP contribution is -2.11. The Morgan fingerprint density at radius 1 is 1.19 bits per heavy atom. The average molecular weight is 326 g/mol. The van der Waals surface area contributed by atoms with Crippen LogP contribution in [-0.4, -0.2) is 15.0 Å². The van der Waals surface area contributed by atoms with Crippen molar-refractivity contribution in [2.24, 2.45) is 5.73 Å². The van der Waals surface area contributed by atoms with Gasteiger partial charge in [0.1, 0.15) is 9.96 Å². The molecule has 2 rings (SSSR count). The second-order valence-electron chi connectivity index (χ2n) is 4.40. The first-order valence-corrected chi connectivity index (χ1v) is 8.89.